The maximum absolute atomic E-state index is 12.8. The number of hydrogen-bond acceptors (Lipinski definition) is 3. The summed E-state index contributed by atoms with van der Waals surface area (Å²) >= 11 is 0. The van der Waals surface area contributed by atoms with Crippen molar-refractivity contribution >= 4 is 23.2 Å². The summed E-state index contributed by atoms with van der Waals surface area (Å²) in [6, 6.07) is 38.6. The predicted molar refractivity (Wildman–Crippen MR) is 159 cm³/mol. The number of anilines is 2. The van der Waals surface area contributed by atoms with Crippen LogP contribution in [0.25, 0.3) is 0 Å². The average molecular weight is 523 g/mol. The van der Waals surface area contributed by atoms with Crippen molar-refractivity contribution in [1.82, 2.24) is 0 Å². The molecule has 194 valence electrons. The van der Waals surface area contributed by atoms with Crippen molar-refractivity contribution in [3.63, 3.8) is 0 Å². The molecule has 0 fully saturated rings. The molecular formula is C35H26N2O3. The summed E-state index contributed by atoms with van der Waals surface area (Å²) in [4.78, 5) is 25.4. The van der Waals surface area contributed by atoms with Crippen molar-refractivity contribution in [2.24, 2.45) is 0 Å². The first-order chi connectivity index (χ1) is 19.5. The van der Waals surface area contributed by atoms with E-state index in [1.807, 2.05) is 73.7 Å². The molecule has 5 rings (SSSR count). The first-order valence-electron chi connectivity index (χ1n) is 12.8. The van der Waals surface area contributed by atoms with Gasteiger partial charge in [0.15, 0.2) is 0 Å². The van der Waals surface area contributed by atoms with E-state index in [2.05, 4.69) is 22.5 Å². The third-order valence-corrected chi connectivity index (χ3v) is 6.00. The van der Waals surface area contributed by atoms with Gasteiger partial charge in [0.05, 0.1) is 0 Å². The summed E-state index contributed by atoms with van der Waals surface area (Å²) in [6.45, 7) is 1.97. The molecular weight excluding hydrogens is 496 g/mol. The first-order valence-corrected chi connectivity index (χ1v) is 12.8. The van der Waals surface area contributed by atoms with Crippen molar-refractivity contribution in [1.29, 1.82) is 0 Å². The van der Waals surface area contributed by atoms with Gasteiger partial charge in [-0.25, -0.2) is 0 Å². The van der Waals surface area contributed by atoms with Gasteiger partial charge in [0, 0.05) is 33.6 Å². The number of hydrogen-bond donors (Lipinski definition) is 2. The molecule has 2 amide bonds. The van der Waals surface area contributed by atoms with Crippen molar-refractivity contribution in [3.8, 4) is 23.3 Å². The fourth-order valence-corrected chi connectivity index (χ4v) is 3.90. The fraction of sp³-hybridized carbons (Fsp3) is 0.0286. The summed E-state index contributed by atoms with van der Waals surface area (Å²) in [5.41, 5.74) is 5.07. The minimum Gasteiger partial charge on any atom is -0.457 e. The molecule has 5 heteroatoms. The minimum absolute atomic E-state index is 0.215. The van der Waals surface area contributed by atoms with Crippen molar-refractivity contribution in [3.05, 3.63) is 155 Å². The number of benzene rings is 5. The highest BCUT2D eigenvalue weighted by molar-refractivity contribution is 6.06. The lowest BCUT2D eigenvalue weighted by molar-refractivity contribution is 0.101. The molecule has 0 saturated carbocycles. The SMILES string of the molecule is Cc1ccc(C(=O)Nc2cccc(NC(=O)c3ccc(Oc4cccc(C#Cc5ccccc5)c4)cc3)c2)cc1. The van der Waals surface area contributed by atoms with Crippen LogP contribution in [0.3, 0.4) is 0 Å². The van der Waals surface area contributed by atoms with Crippen LogP contribution in [0.15, 0.2) is 127 Å². The Bertz CT molecular complexity index is 1700. The Balaban J connectivity index is 1.19. The molecule has 5 aromatic rings. The van der Waals surface area contributed by atoms with E-state index in [0.717, 1.165) is 16.7 Å². The maximum Gasteiger partial charge on any atom is 0.255 e. The van der Waals surface area contributed by atoms with Crippen molar-refractivity contribution in [2.45, 2.75) is 6.92 Å². The van der Waals surface area contributed by atoms with Crippen LogP contribution in [0.1, 0.15) is 37.4 Å². The van der Waals surface area contributed by atoms with Crippen LogP contribution in [0.2, 0.25) is 0 Å². The van der Waals surface area contributed by atoms with Crippen LogP contribution in [-0.2, 0) is 0 Å². The summed E-state index contributed by atoms with van der Waals surface area (Å²) in [5, 5.41) is 5.74. The predicted octanol–water partition coefficient (Wildman–Crippen LogP) is 7.69. The van der Waals surface area contributed by atoms with E-state index in [9.17, 15) is 9.59 Å². The number of ether oxygens (including phenoxy) is 1. The largest absolute Gasteiger partial charge is 0.457 e. The smallest absolute Gasteiger partial charge is 0.255 e. The highest BCUT2D eigenvalue weighted by Gasteiger charge is 2.09. The standard InChI is InChI=1S/C35H26N2O3/c1-25-13-17-28(18-14-25)34(38)36-30-10-6-11-31(24-30)37-35(39)29-19-21-32(22-20-29)40-33-12-5-9-27(23-33)16-15-26-7-3-2-4-8-26/h2-14,17-24H,1H3,(H,36,38)(H,37,39). The van der Waals surface area contributed by atoms with Gasteiger partial charge in [0.2, 0.25) is 0 Å². The van der Waals surface area contributed by atoms with Gasteiger partial charge < -0.3 is 15.4 Å². The maximum atomic E-state index is 12.8. The third-order valence-electron chi connectivity index (χ3n) is 6.00. The lowest BCUT2D eigenvalue weighted by Gasteiger charge is -2.10. The van der Waals surface area contributed by atoms with Gasteiger partial charge in [-0.2, -0.15) is 0 Å². The molecule has 5 nitrogen and oxygen atoms in total. The number of carbonyl (C=O) groups is 2. The molecule has 0 heterocycles. The van der Waals surface area contributed by atoms with Crippen LogP contribution in [0, 0.1) is 18.8 Å². The molecule has 0 aromatic heterocycles. The second kappa shape index (κ2) is 12.3. The molecule has 0 radical (unpaired) electrons. The Morgan fingerprint density at radius 1 is 0.550 bits per heavy atom. The van der Waals surface area contributed by atoms with E-state index in [1.54, 1.807) is 60.7 Å². The van der Waals surface area contributed by atoms with E-state index >= 15 is 0 Å². The molecule has 0 aliphatic rings. The Hall–Kier alpha value is -5.60. The van der Waals surface area contributed by atoms with E-state index in [0.29, 0.717) is 34.0 Å². The van der Waals surface area contributed by atoms with Crippen LogP contribution in [0.5, 0.6) is 11.5 Å². The van der Waals surface area contributed by atoms with Gasteiger partial charge in [-0.15, -0.1) is 0 Å². The third kappa shape index (κ3) is 7.03. The Morgan fingerprint density at radius 2 is 1.10 bits per heavy atom. The monoisotopic (exact) mass is 522 g/mol. The second-order valence-corrected chi connectivity index (χ2v) is 9.13. The summed E-state index contributed by atoms with van der Waals surface area (Å²) < 4.78 is 5.98. The van der Waals surface area contributed by atoms with Crippen LogP contribution in [-0.4, -0.2) is 11.8 Å². The number of amides is 2. The summed E-state index contributed by atoms with van der Waals surface area (Å²) in [7, 11) is 0. The molecule has 0 unspecified atom stereocenters. The van der Waals surface area contributed by atoms with E-state index < -0.39 is 0 Å². The first kappa shape index (κ1) is 26.0. The molecule has 0 atom stereocenters. The quantitative estimate of drug-likeness (QED) is 0.225. The lowest BCUT2D eigenvalue weighted by Crippen LogP contribution is -2.14. The molecule has 5 aromatic carbocycles. The highest BCUT2D eigenvalue weighted by Crippen LogP contribution is 2.23. The molecule has 2 N–H and O–H groups in total. The minimum atomic E-state index is -0.272. The molecule has 0 bridgehead atoms. The Morgan fingerprint density at radius 3 is 1.75 bits per heavy atom. The van der Waals surface area contributed by atoms with Gasteiger partial charge in [0.25, 0.3) is 11.8 Å². The zero-order valence-electron chi connectivity index (χ0n) is 21.8. The van der Waals surface area contributed by atoms with Gasteiger partial charge in [0.1, 0.15) is 11.5 Å². The Labute approximate surface area is 233 Å². The van der Waals surface area contributed by atoms with Gasteiger partial charge >= 0.3 is 0 Å². The second-order valence-electron chi connectivity index (χ2n) is 9.13. The topological polar surface area (TPSA) is 67.4 Å². The van der Waals surface area contributed by atoms with E-state index in [1.165, 1.54) is 0 Å². The van der Waals surface area contributed by atoms with Crippen LogP contribution < -0.4 is 15.4 Å². The van der Waals surface area contributed by atoms with Gasteiger partial charge in [-0.1, -0.05) is 59.9 Å². The molecule has 0 saturated heterocycles. The number of aryl methyl sites for hydroxylation is 1. The number of nitrogens with one attached hydrogen (secondary N) is 2. The highest BCUT2D eigenvalue weighted by atomic mass is 16.5. The van der Waals surface area contributed by atoms with E-state index in [4.69, 9.17) is 4.74 Å². The molecule has 0 aliphatic heterocycles. The van der Waals surface area contributed by atoms with Gasteiger partial charge in [-0.05, 0) is 91.9 Å². The molecule has 40 heavy (non-hydrogen) atoms. The summed E-state index contributed by atoms with van der Waals surface area (Å²) in [6.07, 6.45) is 0. The van der Waals surface area contributed by atoms with Crippen molar-refractivity contribution < 1.29 is 14.3 Å². The van der Waals surface area contributed by atoms with Crippen LogP contribution >= 0.6 is 0 Å². The zero-order valence-corrected chi connectivity index (χ0v) is 21.8. The summed E-state index contributed by atoms with van der Waals surface area (Å²) in [5.74, 6) is 7.07. The van der Waals surface area contributed by atoms with Gasteiger partial charge in [-0.3, -0.25) is 9.59 Å². The zero-order chi connectivity index (χ0) is 27.7. The number of rotatable bonds is 6. The van der Waals surface area contributed by atoms with Crippen molar-refractivity contribution in [2.75, 3.05) is 10.6 Å². The fourth-order valence-electron chi connectivity index (χ4n) is 3.90. The molecule has 0 spiro atoms. The number of carbonyl (C=O) groups excluding carboxylic acids is 2. The van der Waals surface area contributed by atoms with E-state index in [-0.39, 0.29) is 11.8 Å². The lowest BCUT2D eigenvalue weighted by atomic mass is 10.1. The molecule has 0 aliphatic carbocycles. The van der Waals surface area contributed by atoms with Crippen LogP contribution in [0.4, 0.5) is 11.4 Å². The average Bonchev–Trinajstić information content (AvgIpc) is 2.98. The normalized spacial score (nSPS) is 10.1. The Kier molecular flexibility index (Phi) is 8.00.